The zero-order valence-corrected chi connectivity index (χ0v) is 19.8. The fourth-order valence-electron chi connectivity index (χ4n) is 4.56. The van der Waals surface area contributed by atoms with Gasteiger partial charge in [-0.15, -0.1) is 0 Å². The molecule has 2 aliphatic rings. The molecule has 0 aromatic heterocycles. The third-order valence-electron chi connectivity index (χ3n) is 5.67. The molecule has 2 saturated heterocycles. The Morgan fingerprint density at radius 1 is 0.742 bits per heavy atom. The van der Waals surface area contributed by atoms with Gasteiger partial charge in [0.05, 0.1) is 23.9 Å². The van der Waals surface area contributed by atoms with Crippen LogP contribution in [0, 0.1) is 0 Å². The molecule has 0 saturated carbocycles. The van der Waals surface area contributed by atoms with Crippen LogP contribution in [0.3, 0.4) is 0 Å². The first-order chi connectivity index (χ1) is 14.7. The smallest absolute Gasteiger partial charge is 0.192 e. The van der Waals surface area contributed by atoms with Gasteiger partial charge in [-0.2, -0.15) is 0 Å². The maximum Gasteiger partial charge on any atom is 0.192 e. The van der Waals surface area contributed by atoms with E-state index in [-0.39, 0.29) is 30.2 Å². The van der Waals surface area contributed by atoms with Gasteiger partial charge in [-0.3, -0.25) is 0 Å². The maximum absolute atomic E-state index is 5.93. The molecule has 2 heterocycles. The van der Waals surface area contributed by atoms with Gasteiger partial charge >= 0.3 is 0 Å². The van der Waals surface area contributed by atoms with Gasteiger partial charge in [0.25, 0.3) is 0 Å². The van der Waals surface area contributed by atoms with Gasteiger partial charge in [0.2, 0.25) is 0 Å². The Bertz CT molecular complexity index is 779. The van der Waals surface area contributed by atoms with Crippen LogP contribution < -0.4 is 0 Å². The quantitative estimate of drug-likeness (QED) is 0.583. The van der Waals surface area contributed by atoms with Crippen molar-refractivity contribution in [3.63, 3.8) is 0 Å². The van der Waals surface area contributed by atoms with E-state index < -0.39 is 5.79 Å². The number of ether oxygens (including phenoxy) is 4. The van der Waals surface area contributed by atoms with Crippen molar-refractivity contribution in [1.29, 1.82) is 0 Å². The van der Waals surface area contributed by atoms with Crippen molar-refractivity contribution >= 4 is 0 Å². The van der Waals surface area contributed by atoms with Gasteiger partial charge in [-0.1, -0.05) is 60.7 Å². The molecule has 31 heavy (non-hydrogen) atoms. The largest absolute Gasteiger partial charge is 0.349 e. The first-order valence-corrected chi connectivity index (χ1v) is 11.4. The van der Waals surface area contributed by atoms with E-state index in [2.05, 4.69) is 46.8 Å². The van der Waals surface area contributed by atoms with Crippen molar-refractivity contribution in [2.24, 2.45) is 0 Å². The Labute approximate surface area is 187 Å². The Morgan fingerprint density at radius 2 is 1.29 bits per heavy atom. The third kappa shape index (κ3) is 7.15. The maximum atomic E-state index is 5.93. The molecule has 0 aliphatic carbocycles. The van der Waals surface area contributed by atoms with Crippen molar-refractivity contribution in [2.45, 2.75) is 96.8 Å². The highest BCUT2D eigenvalue weighted by Crippen LogP contribution is 2.35. The molecule has 2 aromatic rings. The molecule has 0 amide bonds. The van der Waals surface area contributed by atoms with Crippen molar-refractivity contribution in [3.05, 3.63) is 71.8 Å². The molecule has 4 rings (SSSR count). The molecule has 4 atom stereocenters. The topological polar surface area (TPSA) is 36.9 Å². The van der Waals surface area contributed by atoms with E-state index in [1.54, 1.807) is 0 Å². The number of rotatable bonds is 3. The minimum Gasteiger partial charge on any atom is -0.349 e. The highest BCUT2D eigenvalue weighted by atomic mass is 16.7. The lowest BCUT2D eigenvalue weighted by Gasteiger charge is -2.41. The van der Waals surface area contributed by atoms with Crippen molar-refractivity contribution < 1.29 is 18.9 Å². The molecular formula is C27H38O4. The van der Waals surface area contributed by atoms with Crippen LogP contribution in [0.25, 0.3) is 0 Å². The van der Waals surface area contributed by atoms with Crippen molar-refractivity contribution in [2.75, 3.05) is 0 Å². The molecule has 0 bridgehead atoms. The van der Waals surface area contributed by atoms with Crippen LogP contribution in [-0.4, -0.2) is 30.2 Å². The fourth-order valence-corrected chi connectivity index (χ4v) is 4.56. The number of hydrogen-bond donors (Lipinski definition) is 0. The Morgan fingerprint density at radius 3 is 1.84 bits per heavy atom. The summed E-state index contributed by atoms with van der Waals surface area (Å²) in [7, 11) is 0. The number of hydrogen-bond acceptors (Lipinski definition) is 4. The zero-order chi connectivity index (χ0) is 22.5. The van der Waals surface area contributed by atoms with E-state index in [9.17, 15) is 0 Å². The molecule has 0 N–H and O–H groups in total. The van der Waals surface area contributed by atoms with Gasteiger partial charge in [-0.25, -0.2) is 0 Å². The second-order valence-corrected chi connectivity index (χ2v) is 9.55. The van der Waals surface area contributed by atoms with Gasteiger partial charge in [0.1, 0.15) is 0 Å². The summed E-state index contributed by atoms with van der Waals surface area (Å²) in [5.74, 6) is -0.585. The van der Waals surface area contributed by atoms with Gasteiger partial charge in [-0.05, 0) is 53.5 Å². The lowest BCUT2D eigenvalue weighted by molar-refractivity contribution is -0.311. The van der Waals surface area contributed by atoms with Crippen LogP contribution in [0.15, 0.2) is 60.7 Å². The molecule has 0 spiro atoms. The van der Waals surface area contributed by atoms with Crippen LogP contribution in [0.2, 0.25) is 0 Å². The summed E-state index contributed by atoms with van der Waals surface area (Å²) in [5.41, 5.74) is 2.28. The zero-order valence-electron chi connectivity index (χ0n) is 19.8. The molecular weight excluding hydrogens is 388 g/mol. The second-order valence-electron chi connectivity index (χ2n) is 9.55. The van der Waals surface area contributed by atoms with Crippen molar-refractivity contribution in [3.8, 4) is 0 Å². The number of benzene rings is 2. The summed E-state index contributed by atoms with van der Waals surface area (Å²) in [6.07, 6.45) is 3.41. The molecule has 2 aliphatic heterocycles. The van der Waals surface area contributed by atoms with Crippen LogP contribution >= 0.6 is 0 Å². The average molecular weight is 427 g/mol. The average Bonchev–Trinajstić information content (AvgIpc) is 2.67. The summed E-state index contributed by atoms with van der Waals surface area (Å²) >= 11 is 0. The molecule has 2 fully saturated rings. The Balaban J connectivity index is 0.000000176. The normalized spacial score (nSPS) is 32.6. The molecule has 4 unspecified atom stereocenters. The van der Waals surface area contributed by atoms with E-state index in [1.807, 2.05) is 55.5 Å². The highest BCUT2D eigenvalue weighted by molar-refractivity contribution is 5.20. The summed E-state index contributed by atoms with van der Waals surface area (Å²) in [6.45, 7) is 12.6. The first kappa shape index (κ1) is 23.9. The molecule has 170 valence electrons. The van der Waals surface area contributed by atoms with Crippen LogP contribution in [-0.2, 0) is 31.2 Å². The van der Waals surface area contributed by atoms with Gasteiger partial charge in [0.15, 0.2) is 12.1 Å². The monoisotopic (exact) mass is 426 g/mol. The predicted molar refractivity (Wildman–Crippen MR) is 124 cm³/mol. The third-order valence-corrected chi connectivity index (χ3v) is 5.67. The lowest BCUT2D eigenvalue weighted by atomic mass is 9.99. The van der Waals surface area contributed by atoms with Gasteiger partial charge < -0.3 is 18.9 Å². The lowest BCUT2D eigenvalue weighted by Crippen LogP contribution is -2.43. The van der Waals surface area contributed by atoms with Crippen molar-refractivity contribution in [1.82, 2.24) is 0 Å². The van der Waals surface area contributed by atoms with E-state index in [4.69, 9.17) is 18.9 Å². The van der Waals surface area contributed by atoms with Crippen LogP contribution in [0.4, 0.5) is 0 Å². The highest BCUT2D eigenvalue weighted by Gasteiger charge is 2.37. The summed E-state index contributed by atoms with van der Waals surface area (Å²) in [4.78, 5) is 0. The van der Waals surface area contributed by atoms with Gasteiger partial charge in [0, 0.05) is 18.4 Å². The minimum atomic E-state index is -0.585. The minimum absolute atomic E-state index is 0.0723. The van der Waals surface area contributed by atoms with E-state index in [0.29, 0.717) is 0 Å². The summed E-state index contributed by atoms with van der Waals surface area (Å²) < 4.78 is 23.5. The Kier molecular flexibility index (Phi) is 7.92. The first-order valence-electron chi connectivity index (χ1n) is 11.4. The van der Waals surface area contributed by atoms with Crippen LogP contribution in [0.5, 0.6) is 0 Å². The molecule has 0 radical (unpaired) electrons. The van der Waals surface area contributed by atoms with E-state index in [1.165, 1.54) is 5.56 Å². The summed E-state index contributed by atoms with van der Waals surface area (Å²) in [5, 5.41) is 0. The second kappa shape index (κ2) is 10.3. The Hall–Kier alpha value is -1.72. The molecule has 4 heteroatoms. The fraction of sp³-hybridized carbons (Fsp3) is 0.556. The molecule has 2 aromatic carbocycles. The summed E-state index contributed by atoms with van der Waals surface area (Å²) in [6, 6.07) is 20.5. The van der Waals surface area contributed by atoms with Crippen LogP contribution in [0.1, 0.15) is 65.5 Å². The molecule has 4 nitrogen and oxygen atoms in total. The van der Waals surface area contributed by atoms with E-state index in [0.717, 1.165) is 24.8 Å². The SMILES string of the molecule is CC1CC(C)(C)OC(Cc2ccccc2)O1.CC1CC(C)OC(C)(c2ccccc2)O1. The van der Waals surface area contributed by atoms with E-state index >= 15 is 0 Å². The standard InChI is InChI=1S/C14H20O2.C13H18O2/c1-11-10-14(2,3)16-13(15-11)9-12-7-5-4-6-8-12;1-10-9-11(2)15-13(3,14-10)12-7-5-4-6-8-12/h4-8,11,13H,9-10H2,1-3H3;4-8,10-11H,9H2,1-3H3. The predicted octanol–water partition coefficient (Wildman–Crippen LogP) is 6.23.